The first-order chi connectivity index (χ1) is 9.37. The van der Waals surface area contributed by atoms with Gasteiger partial charge in [-0.1, -0.05) is 0 Å². The predicted octanol–water partition coefficient (Wildman–Crippen LogP) is 2.61. The molecule has 0 aromatic heterocycles. The number of alkyl halides is 3. The maximum Gasteiger partial charge on any atom is 0.411 e. The zero-order valence-electron chi connectivity index (χ0n) is 10.4. The van der Waals surface area contributed by atoms with E-state index in [1.165, 1.54) is 23.9 Å². The van der Waals surface area contributed by atoms with E-state index in [-0.39, 0.29) is 30.6 Å². The van der Waals surface area contributed by atoms with Crippen molar-refractivity contribution in [1.29, 1.82) is 0 Å². The number of thioether (sulfide) groups is 1. The zero-order chi connectivity index (χ0) is 15.0. The Labute approximate surface area is 117 Å². The number of benzene rings is 1. The molecule has 0 aliphatic carbocycles. The van der Waals surface area contributed by atoms with Gasteiger partial charge >= 0.3 is 6.18 Å². The molecule has 1 amide bonds. The fraction of sp³-hybridized carbons (Fsp3) is 0.417. The maximum absolute atomic E-state index is 12.6. The van der Waals surface area contributed by atoms with Crippen LogP contribution in [0.3, 0.4) is 0 Å². The van der Waals surface area contributed by atoms with E-state index in [2.05, 4.69) is 10.1 Å². The summed E-state index contributed by atoms with van der Waals surface area (Å²) in [6.45, 7) is -1.52. The van der Waals surface area contributed by atoms with Crippen LogP contribution in [0.2, 0.25) is 0 Å². The fourth-order valence-electron chi connectivity index (χ4n) is 1.18. The van der Waals surface area contributed by atoms with Crippen molar-refractivity contribution in [3.8, 4) is 0 Å². The van der Waals surface area contributed by atoms with Crippen molar-refractivity contribution in [1.82, 2.24) is 5.32 Å². The molecule has 0 heterocycles. The highest BCUT2D eigenvalue weighted by Gasteiger charge is 2.27. The normalized spacial score (nSPS) is 11.4. The number of ether oxygens (including phenoxy) is 1. The number of hydrogen-bond acceptors (Lipinski definition) is 3. The lowest BCUT2D eigenvalue weighted by molar-refractivity contribution is -0.173. The molecule has 0 saturated carbocycles. The highest BCUT2D eigenvalue weighted by atomic mass is 32.2. The average molecular weight is 311 g/mol. The summed E-state index contributed by atoms with van der Waals surface area (Å²) in [5.41, 5.74) is 0. The molecule has 1 aromatic rings. The van der Waals surface area contributed by atoms with Gasteiger partial charge in [-0.3, -0.25) is 4.79 Å². The molecular weight excluding hydrogens is 298 g/mol. The molecule has 1 rings (SSSR count). The third kappa shape index (κ3) is 8.00. The van der Waals surface area contributed by atoms with Crippen LogP contribution in [0.1, 0.15) is 0 Å². The highest BCUT2D eigenvalue weighted by Crippen LogP contribution is 2.17. The van der Waals surface area contributed by atoms with Gasteiger partial charge in [-0.2, -0.15) is 13.2 Å². The minimum atomic E-state index is -4.36. The van der Waals surface area contributed by atoms with E-state index in [0.717, 1.165) is 4.90 Å². The van der Waals surface area contributed by atoms with Gasteiger partial charge in [-0.25, -0.2) is 4.39 Å². The lowest BCUT2D eigenvalue weighted by Gasteiger charge is -2.08. The van der Waals surface area contributed by atoms with Crippen molar-refractivity contribution in [3.05, 3.63) is 30.1 Å². The summed E-state index contributed by atoms with van der Waals surface area (Å²) >= 11 is 1.21. The molecule has 0 unspecified atom stereocenters. The summed E-state index contributed by atoms with van der Waals surface area (Å²) in [6.07, 6.45) is -4.36. The van der Waals surface area contributed by atoms with Crippen LogP contribution in [0.25, 0.3) is 0 Å². The van der Waals surface area contributed by atoms with E-state index in [4.69, 9.17) is 0 Å². The molecule has 0 atom stereocenters. The summed E-state index contributed by atoms with van der Waals surface area (Å²) in [5.74, 6) is -0.583. The van der Waals surface area contributed by atoms with E-state index in [1.807, 2.05) is 0 Å². The topological polar surface area (TPSA) is 38.3 Å². The Hall–Kier alpha value is -1.28. The summed E-state index contributed by atoms with van der Waals surface area (Å²) < 4.78 is 52.2. The Morgan fingerprint density at radius 3 is 2.50 bits per heavy atom. The summed E-state index contributed by atoms with van der Waals surface area (Å²) in [6, 6.07) is 5.65. The van der Waals surface area contributed by atoms with Crippen LogP contribution in [0, 0.1) is 5.82 Å². The predicted molar refractivity (Wildman–Crippen MR) is 67.0 cm³/mol. The van der Waals surface area contributed by atoms with Crippen LogP contribution in [-0.4, -0.2) is 37.6 Å². The van der Waals surface area contributed by atoms with Crippen LogP contribution in [0.5, 0.6) is 0 Å². The quantitative estimate of drug-likeness (QED) is 0.478. The van der Waals surface area contributed by atoms with Crippen molar-refractivity contribution >= 4 is 17.7 Å². The SMILES string of the molecule is O=C(CSc1ccc(F)cc1)NCCOCC(F)(F)F. The van der Waals surface area contributed by atoms with Crippen LogP contribution < -0.4 is 5.32 Å². The third-order valence-corrected chi connectivity index (χ3v) is 3.03. The van der Waals surface area contributed by atoms with Gasteiger partial charge in [0.1, 0.15) is 12.4 Å². The average Bonchev–Trinajstić information content (AvgIpc) is 2.36. The van der Waals surface area contributed by atoms with Gasteiger partial charge in [-0.15, -0.1) is 11.8 Å². The Morgan fingerprint density at radius 2 is 1.90 bits per heavy atom. The van der Waals surface area contributed by atoms with Crippen molar-refractivity contribution in [2.75, 3.05) is 25.5 Å². The molecule has 112 valence electrons. The molecule has 0 fully saturated rings. The first-order valence-corrected chi connectivity index (χ1v) is 6.65. The van der Waals surface area contributed by atoms with Crippen LogP contribution in [0.4, 0.5) is 17.6 Å². The minimum absolute atomic E-state index is 0.0128. The van der Waals surface area contributed by atoms with E-state index >= 15 is 0 Å². The number of halogens is 4. The minimum Gasteiger partial charge on any atom is -0.370 e. The number of carbonyl (C=O) groups is 1. The van der Waals surface area contributed by atoms with E-state index in [1.54, 1.807) is 12.1 Å². The van der Waals surface area contributed by atoms with Crippen LogP contribution in [0.15, 0.2) is 29.2 Å². The van der Waals surface area contributed by atoms with Crippen molar-refractivity contribution in [3.63, 3.8) is 0 Å². The monoisotopic (exact) mass is 311 g/mol. The molecule has 20 heavy (non-hydrogen) atoms. The second kappa shape index (κ2) is 8.11. The Balaban J connectivity index is 2.10. The van der Waals surface area contributed by atoms with Crippen LogP contribution >= 0.6 is 11.8 Å². The Bertz CT molecular complexity index is 422. The van der Waals surface area contributed by atoms with Gasteiger partial charge in [0.15, 0.2) is 0 Å². The fourth-order valence-corrected chi connectivity index (χ4v) is 1.91. The van der Waals surface area contributed by atoms with Gasteiger partial charge in [0.2, 0.25) is 5.91 Å². The van der Waals surface area contributed by atoms with Crippen LogP contribution in [-0.2, 0) is 9.53 Å². The lowest BCUT2D eigenvalue weighted by atomic mass is 10.4. The van der Waals surface area contributed by atoms with Gasteiger partial charge in [-0.05, 0) is 24.3 Å². The second-order valence-corrected chi connectivity index (χ2v) is 4.81. The largest absolute Gasteiger partial charge is 0.411 e. The highest BCUT2D eigenvalue weighted by molar-refractivity contribution is 8.00. The first-order valence-electron chi connectivity index (χ1n) is 5.66. The number of carbonyl (C=O) groups excluding carboxylic acids is 1. The smallest absolute Gasteiger partial charge is 0.370 e. The Kier molecular flexibility index (Phi) is 6.80. The van der Waals surface area contributed by atoms with Crippen molar-refractivity contribution < 1.29 is 27.1 Å². The molecule has 0 saturated heterocycles. The number of rotatable bonds is 7. The maximum atomic E-state index is 12.6. The van der Waals surface area contributed by atoms with Gasteiger partial charge < -0.3 is 10.1 Å². The lowest BCUT2D eigenvalue weighted by Crippen LogP contribution is -2.30. The molecule has 0 bridgehead atoms. The number of nitrogens with one attached hydrogen (secondary N) is 1. The van der Waals surface area contributed by atoms with E-state index < -0.39 is 12.8 Å². The summed E-state index contributed by atoms with van der Waals surface area (Å²) in [7, 11) is 0. The number of amides is 1. The van der Waals surface area contributed by atoms with Gasteiger partial charge in [0.25, 0.3) is 0 Å². The molecule has 0 aliphatic rings. The molecule has 0 spiro atoms. The molecule has 0 aliphatic heterocycles. The molecule has 3 nitrogen and oxygen atoms in total. The van der Waals surface area contributed by atoms with E-state index in [0.29, 0.717) is 0 Å². The summed E-state index contributed by atoms with van der Waals surface area (Å²) in [5, 5.41) is 2.42. The molecular formula is C12H13F4NO2S. The third-order valence-electron chi connectivity index (χ3n) is 2.02. The molecule has 8 heteroatoms. The van der Waals surface area contributed by atoms with E-state index in [9.17, 15) is 22.4 Å². The molecule has 1 aromatic carbocycles. The van der Waals surface area contributed by atoms with Gasteiger partial charge in [0, 0.05) is 11.4 Å². The van der Waals surface area contributed by atoms with Gasteiger partial charge in [0.05, 0.1) is 12.4 Å². The summed E-state index contributed by atoms with van der Waals surface area (Å²) in [4.78, 5) is 12.1. The standard InChI is InChI=1S/C12H13F4NO2S/c13-9-1-3-10(4-2-9)20-7-11(18)17-5-6-19-8-12(14,15)16/h1-4H,5-8H2,(H,17,18). The second-order valence-electron chi connectivity index (χ2n) is 3.76. The van der Waals surface area contributed by atoms with Crippen molar-refractivity contribution in [2.45, 2.75) is 11.1 Å². The van der Waals surface area contributed by atoms with Crippen molar-refractivity contribution in [2.24, 2.45) is 0 Å². The first kappa shape index (κ1) is 16.8. The number of hydrogen-bond donors (Lipinski definition) is 1. The molecule has 0 radical (unpaired) electrons. The Morgan fingerprint density at radius 1 is 1.25 bits per heavy atom. The molecule has 1 N–H and O–H groups in total. The zero-order valence-corrected chi connectivity index (χ0v) is 11.2.